The van der Waals surface area contributed by atoms with Crippen LogP contribution in [0.15, 0.2) is 42.6 Å². The zero-order chi connectivity index (χ0) is 20.5. The van der Waals surface area contributed by atoms with Crippen LogP contribution in [0, 0.1) is 13.8 Å². The number of hydrogen-bond acceptors (Lipinski definition) is 3. The molecule has 1 N–H and O–H groups in total. The van der Waals surface area contributed by atoms with E-state index < -0.39 is 17.6 Å². The van der Waals surface area contributed by atoms with E-state index in [1.54, 1.807) is 26.0 Å². The number of aryl methyl sites for hydroxylation is 2. The summed E-state index contributed by atoms with van der Waals surface area (Å²) in [7, 11) is 0. The molecular formula is C19H16ClF3N4O. The fraction of sp³-hybridized carbons (Fsp3) is 0.211. The molecule has 3 aromatic rings. The zero-order valence-electron chi connectivity index (χ0n) is 15.0. The molecule has 0 bridgehead atoms. The molecule has 2 heterocycles. The Morgan fingerprint density at radius 2 is 1.93 bits per heavy atom. The van der Waals surface area contributed by atoms with Gasteiger partial charge in [0.15, 0.2) is 0 Å². The Labute approximate surface area is 164 Å². The van der Waals surface area contributed by atoms with Crippen LogP contribution in [0.1, 0.15) is 32.9 Å². The molecule has 28 heavy (non-hydrogen) atoms. The summed E-state index contributed by atoms with van der Waals surface area (Å²) in [5.41, 5.74) is 1.06. The minimum Gasteiger partial charge on any atom is -0.348 e. The van der Waals surface area contributed by atoms with Crippen molar-refractivity contribution in [2.75, 3.05) is 0 Å². The minimum atomic E-state index is -4.58. The van der Waals surface area contributed by atoms with Crippen LogP contribution in [-0.2, 0) is 12.7 Å². The highest BCUT2D eigenvalue weighted by atomic mass is 35.5. The number of alkyl halides is 3. The van der Waals surface area contributed by atoms with Crippen molar-refractivity contribution in [2.24, 2.45) is 0 Å². The molecule has 0 fully saturated rings. The molecule has 1 amide bonds. The van der Waals surface area contributed by atoms with Crippen LogP contribution in [0.3, 0.4) is 0 Å². The quantitative estimate of drug-likeness (QED) is 0.647. The van der Waals surface area contributed by atoms with Crippen molar-refractivity contribution in [2.45, 2.75) is 26.6 Å². The summed E-state index contributed by atoms with van der Waals surface area (Å²) in [6.07, 6.45) is -3.32. The second-order valence-electron chi connectivity index (χ2n) is 6.23. The highest BCUT2D eigenvalue weighted by molar-refractivity contribution is 6.29. The molecule has 0 radical (unpaired) electrons. The third-order valence-electron chi connectivity index (χ3n) is 4.08. The van der Waals surface area contributed by atoms with Crippen LogP contribution in [0.5, 0.6) is 0 Å². The van der Waals surface area contributed by atoms with E-state index in [1.165, 1.54) is 29.1 Å². The molecule has 0 spiro atoms. The van der Waals surface area contributed by atoms with Gasteiger partial charge < -0.3 is 5.32 Å². The zero-order valence-corrected chi connectivity index (χ0v) is 15.8. The van der Waals surface area contributed by atoms with E-state index in [9.17, 15) is 18.0 Å². The van der Waals surface area contributed by atoms with E-state index in [0.717, 1.165) is 11.8 Å². The third kappa shape index (κ3) is 4.33. The first-order valence-corrected chi connectivity index (χ1v) is 8.66. The first kappa shape index (κ1) is 19.9. The van der Waals surface area contributed by atoms with Crippen molar-refractivity contribution in [3.8, 4) is 5.69 Å². The van der Waals surface area contributed by atoms with Crippen molar-refractivity contribution in [3.63, 3.8) is 0 Å². The van der Waals surface area contributed by atoms with Crippen molar-refractivity contribution in [1.82, 2.24) is 20.1 Å². The molecule has 146 valence electrons. The van der Waals surface area contributed by atoms with Crippen LogP contribution in [-0.4, -0.2) is 20.7 Å². The number of carbonyl (C=O) groups excluding carboxylic acids is 1. The molecular weight excluding hydrogens is 393 g/mol. The van der Waals surface area contributed by atoms with Gasteiger partial charge in [-0.25, -0.2) is 9.67 Å². The SMILES string of the molecule is Cc1cc(C)n(-c2ccc(CNC(=O)c3ccc(Cl)nc3)c(C(F)(F)F)c2)n1. The van der Waals surface area contributed by atoms with Gasteiger partial charge >= 0.3 is 6.18 Å². The van der Waals surface area contributed by atoms with Crippen LogP contribution in [0.2, 0.25) is 5.15 Å². The molecule has 3 rings (SSSR count). The normalized spacial score (nSPS) is 11.5. The predicted octanol–water partition coefficient (Wildman–Crippen LogP) is 4.49. The number of rotatable bonds is 4. The highest BCUT2D eigenvalue weighted by Crippen LogP contribution is 2.33. The lowest BCUT2D eigenvalue weighted by molar-refractivity contribution is -0.138. The van der Waals surface area contributed by atoms with Crippen LogP contribution in [0.4, 0.5) is 13.2 Å². The average Bonchev–Trinajstić information content (AvgIpc) is 2.97. The van der Waals surface area contributed by atoms with Crippen molar-refractivity contribution in [3.05, 3.63) is 75.8 Å². The number of amides is 1. The molecule has 0 aliphatic rings. The van der Waals surface area contributed by atoms with Crippen molar-refractivity contribution < 1.29 is 18.0 Å². The standard InChI is InChI=1S/C19H16ClF3N4O/c1-11-7-12(2)27(26-11)15-5-3-13(16(8-15)19(21,22)23)9-25-18(28)14-4-6-17(20)24-10-14/h3-8,10H,9H2,1-2H3,(H,25,28). The molecule has 0 atom stereocenters. The average molecular weight is 409 g/mol. The Morgan fingerprint density at radius 3 is 2.50 bits per heavy atom. The number of carbonyl (C=O) groups is 1. The number of pyridine rings is 1. The smallest absolute Gasteiger partial charge is 0.348 e. The molecule has 1 aromatic carbocycles. The van der Waals surface area contributed by atoms with Gasteiger partial charge in [-0.1, -0.05) is 17.7 Å². The summed E-state index contributed by atoms with van der Waals surface area (Å²) < 4.78 is 42.2. The van der Waals surface area contributed by atoms with Gasteiger partial charge in [-0.05, 0) is 49.7 Å². The summed E-state index contributed by atoms with van der Waals surface area (Å²) in [6, 6.07) is 8.57. The third-order valence-corrected chi connectivity index (χ3v) is 4.31. The Balaban J connectivity index is 1.87. The fourth-order valence-electron chi connectivity index (χ4n) is 2.79. The molecule has 0 aliphatic carbocycles. The highest BCUT2D eigenvalue weighted by Gasteiger charge is 2.34. The van der Waals surface area contributed by atoms with Gasteiger partial charge in [0.05, 0.1) is 22.5 Å². The number of nitrogens with zero attached hydrogens (tertiary/aromatic N) is 3. The fourth-order valence-corrected chi connectivity index (χ4v) is 2.90. The lowest BCUT2D eigenvalue weighted by Gasteiger charge is -2.16. The first-order chi connectivity index (χ1) is 13.1. The molecule has 0 aliphatic heterocycles. The topological polar surface area (TPSA) is 59.8 Å². The molecule has 5 nitrogen and oxygen atoms in total. The number of halogens is 4. The van der Waals surface area contributed by atoms with Crippen LogP contribution in [0.25, 0.3) is 5.69 Å². The van der Waals surface area contributed by atoms with Gasteiger partial charge in [-0.2, -0.15) is 18.3 Å². The van der Waals surface area contributed by atoms with Crippen LogP contribution >= 0.6 is 11.6 Å². The van der Waals surface area contributed by atoms with Gasteiger partial charge in [-0.15, -0.1) is 0 Å². The lowest BCUT2D eigenvalue weighted by Crippen LogP contribution is -2.24. The Kier molecular flexibility index (Phi) is 5.42. The van der Waals surface area contributed by atoms with Gasteiger partial charge in [0.2, 0.25) is 0 Å². The van der Waals surface area contributed by atoms with Gasteiger partial charge in [0, 0.05) is 18.4 Å². The number of benzene rings is 1. The number of hydrogen-bond donors (Lipinski definition) is 1. The number of nitrogens with one attached hydrogen (secondary N) is 1. The minimum absolute atomic E-state index is 0.0481. The second-order valence-corrected chi connectivity index (χ2v) is 6.62. The molecule has 0 unspecified atom stereocenters. The molecule has 2 aromatic heterocycles. The predicted molar refractivity (Wildman–Crippen MR) is 98.5 cm³/mol. The van der Waals surface area contributed by atoms with E-state index >= 15 is 0 Å². The number of aromatic nitrogens is 3. The second kappa shape index (κ2) is 7.63. The van der Waals surface area contributed by atoms with E-state index in [2.05, 4.69) is 15.4 Å². The lowest BCUT2D eigenvalue weighted by atomic mass is 10.1. The molecule has 9 heteroatoms. The van der Waals surface area contributed by atoms with Crippen molar-refractivity contribution >= 4 is 17.5 Å². The Hall–Kier alpha value is -2.87. The van der Waals surface area contributed by atoms with Gasteiger partial charge in [0.25, 0.3) is 5.91 Å². The van der Waals surface area contributed by atoms with Gasteiger partial charge in [0.1, 0.15) is 5.15 Å². The van der Waals surface area contributed by atoms with Crippen molar-refractivity contribution in [1.29, 1.82) is 0 Å². The van der Waals surface area contributed by atoms with E-state index in [4.69, 9.17) is 11.6 Å². The summed E-state index contributed by atoms with van der Waals surface area (Å²) in [6.45, 7) is 3.25. The first-order valence-electron chi connectivity index (χ1n) is 8.28. The Morgan fingerprint density at radius 1 is 1.18 bits per heavy atom. The van der Waals surface area contributed by atoms with E-state index in [0.29, 0.717) is 11.4 Å². The summed E-state index contributed by atoms with van der Waals surface area (Å²) in [5, 5.41) is 6.91. The largest absolute Gasteiger partial charge is 0.416 e. The summed E-state index contributed by atoms with van der Waals surface area (Å²) >= 11 is 5.66. The summed E-state index contributed by atoms with van der Waals surface area (Å²) in [5.74, 6) is -0.542. The van der Waals surface area contributed by atoms with E-state index in [-0.39, 0.29) is 22.8 Å². The monoisotopic (exact) mass is 408 g/mol. The Bertz CT molecular complexity index is 1010. The van der Waals surface area contributed by atoms with Gasteiger partial charge in [-0.3, -0.25) is 4.79 Å². The molecule has 0 saturated carbocycles. The maximum Gasteiger partial charge on any atom is 0.416 e. The van der Waals surface area contributed by atoms with Crippen LogP contribution < -0.4 is 5.32 Å². The van der Waals surface area contributed by atoms with E-state index in [1.807, 2.05) is 0 Å². The maximum atomic E-state index is 13.6. The summed E-state index contributed by atoms with van der Waals surface area (Å²) in [4.78, 5) is 15.9. The molecule has 0 saturated heterocycles. The maximum absolute atomic E-state index is 13.6.